The molecule has 2 aliphatic rings. The smallest absolute Gasteiger partial charge is 0.248 e. The van der Waals surface area contributed by atoms with Gasteiger partial charge in [-0.25, -0.2) is 0 Å². The second-order valence-electron chi connectivity index (χ2n) is 9.85. The molecule has 1 aliphatic carbocycles. The Morgan fingerprint density at radius 3 is 2.55 bits per heavy atom. The highest BCUT2D eigenvalue weighted by molar-refractivity contribution is 5.92. The van der Waals surface area contributed by atoms with Crippen LogP contribution in [0.25, 0.3) is 0 Å². The summed E-state index contributed by atoms with van der Waals surface area (Å²) < 4.78 is 5.24. The first-order valence-corrected chi connectivity index (χ1v) is 11.2. The van der Waals surface area contributed by atoms with Crippen LogP contribution in [0.4, 0.5) is 0 Å². The van der Waals surface area contributed by atoms with E-state index in [1.165, 1.54) is 11.1 Å². The van der Waals surface area contributed by atoms with E-state index in [-0.39, 0.29) is 11.3 Å². The number of primary amides is 1. The molecule has 166 valence electrons. The zero-order valence-corrected chi connectivity index (χ0v) is 18.8. The zero-order chi connectivity index (χ0) is 22.2. The molecule has 0 spiro atoms. The Morgan fingerprint density at radius 1 is 1.23 bits per heavy atom. The van der Waals surface area contributed by atoms with Crippen molar-refractivity contribution in [1.29, 1.82) is 0 Å². The van der Waals surface area contributed by atoms with Gasteiger partial charge in [-0.15, -0.1) is 0 Å². The molecule has 0 bridgehead atoms. The normalized spacial score (nSPS) is 31.1. The number of methoxy groups -OCH3 is 1. The van der Waals surface area contributed by atoms with E-state index < -0.39 is 5.60 Å². The molecule has 1 heterocycles. The first-order chi connectivity index (χ1) is 14.7. The summed E-state index contributed by atoms with van der Waals surface area (Å²) in [5.41, 5.74) is 7.91. The van der Waals surface area contributed by atoms with Gasteiger partial charge in [0.05, 0.1) is 12.7 Å². The maximum absolute atomic E-state index is 11.6. The van der Waals surface area contributed by atoms with Crippen molar-refractivity contribution in [3.8, 4) is 5.75 Å². The first kappa shape index (κ1) is 21.8. The quantitative estimate of drug-likeness (QED) is 0.744. The maximum atomic E-state index is 11.6. The van der Waals surface area contributed by atoms with E-state index in [2.05, 4.69) is 36.9 Å². The van der Waals surface area contributed by atoms with Gasteiger partial charge < -0.3 is 20.5 Å². The molecule has 0 radical (unpaired) electrons. The Labute approximate surface area is 185 Å². The summed E-state index contributed by atoms with van der Waals surface area (Å²) in [5.74, 6) is 1.31. The largest absolute Gasteiger partial charge is 0.497 e. The van der Waals surface area contributed by atoms with Crippen LogP contribution < -0.4 is 10.5 Å². The number of nitrogens with two attached hydrogens (primary N) is 1. The average Bonchev–Trinajstić information content (AvgIpc) is 2.75. The molecule has 4 rings (SSSR count). The van der Waals surface area contributed by atoms with Crippen molar-refractivity contribution in [3.63, 3.8) is 0 Å². The lowest BCUT2D eigenvalue weighted by molar-refractivity contribution is -0.0815. The van der Waals surface area contributed by atoms with Crippen molar-refractivity contribution in [3.05, 3.63) is 65.2 Å². The highest BCUT2D eigenvalue weighted by Crippen LogP contribution is 2.47. The molecule has 1 saturated heterocycles. The SMILES string of the molecule is COc1ccc([C@H]2C[C@@](O)(CN3CCC(C)(c4cccc(C(N)=O)c4)C(C)C3)C2)cc1. The minimum atomic E-state index is -0.607. The zero-order valence-electron chi connectivity index (χ0n) is 18.8. The van der Waals surface area contributed by atoms with Gasteiger partial charge in [0.1, 0.15) is 5.75 Å². The summed E-state index contributed by atoms with van der Waals surface area (Å²) >= 11 is 0. The van der Waals surface area contributed by atoms with E-state index >= 15 is 0 Å². The molecule has 5 heteroatoms. The van der Waals surface area contributed by atoms with Gasteiger partial charge in [0, 0.05) is 18.7 Å². The average molecular weight is 423 g/mol. The molecule has 1 amide bonds. The lowest BCUT2D eigenvalue weighted by atomic mass is 9.65. The van der Waals surface area contributed by atoms with Gasteiger partial charge in [-0.3, -0.25) is 4.79 Å². The highest BCUT2D eigenvalue weighted by atomic mass is 16.5. The maximum Gasteiger partial charge on any atom is 0.248 e. The molecule has 31 heavy (non-hydrogen) atoms. The van der Waals surface area contributed by atoms with Crippen molar-refractivity contribution in [2.24, 2.45) is 11.7 Å². The Balaban J connectivity index is 1.36. The predicted octanol–water partition coefficient (Wildman–Crippen LogP) is 3.70. The number of amides is 1. The number of hydrogen-bond donors (Lipinski definition) is 2. The molecule has 5 nitrogen and oxygen atoms in total. The monoisotopic (exact) mass is 422 g/mol. The third-order valence-corrected chi connectivity index (χ3v) is 7.73. The van der Waals surface area contributed by atoms with Crippen LogP contribution in [0.1, 0.15) is 60.5 Å². The van der Waals surface area contributed by atoms with Gasteiger partial charge in [-0.1, -0.05) is 38.1 Å². The van der Waals surface area contributed by atoms with Crippen molar-refractivity contribution in [1.82, 2.24) is 4.90 Å². The number of likely N-dealkylation sites (tertiary alicyclic amines) is 1. The summed E-state index contributed by atoms with van der Waals surface area (Å²) in [6.07, 6.45) is 2.61. The molecule has 2 fully saturated rings. The number of β-amino-alcohol motifs (C(OH)–C–C–N with tert-alkyl or cyclic N) is 1. The fraction of sp³-hybridized carbons (Fsp3) is 0.500. The number of piperidine rings is 1. The molecule has 2 aromatic rings. The summed E-state index contributed by atoms with van der Waals surface area (Å²) in [5, 5.41) is 11.1. The van der Waals surface area contributed by atoms with E-state index in [4.69, 9.17) is 10.5 Å². The minimum absolute atomic E-state index is 0.00414. The number of rotatable bonds is 6. The minimum Gasteiger partial charge on any atom is -0.497 e. The molecule has 2 unspecified atom stereocenters. The number of nitrogens with zero attached hydrogens (tertiary/aromatic N) is 1. The molecular weight excluding hydrogens is 388 g/mol. The van der Waals surface area contributed by atoms with Crippen LogP contribution in [0.3, 0.4) is 0 Å². The fourth-order valence-corrected chi connectivity index (χ4v) is 5.43. The van der Waals surface area contributed by atoms with E-state index in [0.717, 1.165) is 44.6 Å². The number of carbonyl (C=O) groups excluding carboxylic acids is 1. The van der Waals surface area contributed by atoms with Crippen molar-refractivity contribution in [2.75, 3.05) is 26.7 Å². The van der Waals surface area contributed by atoms with Crippen LogP contribution in [0.15, 0.2) is 48.5 Å². The molecule has 0 aromatic heterocycles. The van der Waals surface area contributed by atoms with E-state index in [9.17, 15) is 9.90 Å². The number of carbonyl (C=O) groups is 1. The third-order valence-electron chi connectivity index (χ3n) is 7.73. The fourth-order valence-electron chi connectivity index (χ4n) is 5.43. The second-order valence-corrected chi connectivity index (χ2v) is 9.85. The summed E-state index contributed by atoms with van der Waals surface area (Å²) in [4.78, 5) is 14.0. The second kappa shape index (κ2) is 8.29. The molecule has 1 saturated carbocycles. The van der Waals surface area contributed by atoms with Crippen molar-refractivity contribution < 1.29 is 14.6 Å². The van der Waals surface area contributed by atoms with Crippen molar-refractivity contribution >= 4 is 5.91 Å². The summed E-state index contributed by atoms with van der Waals surface area (Å²) in [6.45, 7) is 7.16. The summed E-state index contributed by atoms with van der Waals surface area (Å²) in [7, 11) is 1.68. The van der Waals surface area contributed by atoms with Gasteiger partial charge >= 0.3 is 0 Å². The molecule has 1 aliphatic heterocycles. The van der Waals surface area contributed by atoms with Crippen molar-refractivity contribution in [2.45, 2.75) is 50.0 Å². The Hall–Kier alpha value is -2.37. The van der Waals surface area contributed by atoms with E-state index in [1.807, 2.05) is 24.3 Å². The van der Waals surface area contributed by atoms with E-state index in [1.54, 1.807) is 13.2 Å². The topological polar surface area (TPSA) is 75.8 Å². The Morgan fingerprint density at radius 2 is 1.94 bits per heavy atom. The Bertz CT molecular complexity index is 936. The van der Waals surface area contributed by atoms with Gasteiger partial charge in [0.2, 0.25) is 5.91 Å². The molecule has 3 N–H and O–H groups in total. The van der Waals surface area contributed by atoms with Gasteiger partial charge in [0.15, 0.2) is 0 Å². The van der Waals surface area contributed by atoms with Crippen LogP contribution in [-0.4, -0.2) is 48.3 Å². The highest BCUT2D eigenvalue weighted by Gasteiger charge is 2.46. The third kappa shape index (κ3) is 4.35. The number of ether oxygens (including phenoxy) is 1. The van der Waals surface area contributed by atoms with Gasteiger partial charge in [-0.2, -0.15) is 0 Å². The number of benzene rings is 2. The molecule has 2 atom stereocenters. The number of hydrogen-bond acceptors (Lipinski definition) is 4. The van der Waals surface area contributed by atoms with E-state index in [0.29, 0.717) is 17.4 Å². The standard InChI is InChI=1S/C26H34N2O3/c1-18-16-28(12-11-25(18,2)22-6-4-5-20(13-22)24(27)29)17-26(30)14-21(15-26)19-7-9-23(31-3)10-8-19/h4-10,13,18,21,30H,11-12,14-17H2,1-3H3,(H2,27,29)/t18?,21-,25?,26-. The first-order valence-electron chi connectivity index (χ1n) is 11.2. The van der Waals surface area contributed by atoms with Crippen LogP contribution >= 0.6 is 0 Å². The van der Waals surface area contributed by atoms with Gasteiger partial charge in [0.25, 0.3) is 0 Å². The molecule has 2 aromatic carbocycles. The van der Waals surface area contributed by atoms with Crippen LogP contribution in [0.2, 0.25) is 0 Å². The van der Waals surface area contributed by atoms with Crippen LogP contribution in [-0.2, 0) is 5.41 Å². The Kier molecular flexibility index (Phi) is 5.84. The summed E-state index contributed by atoms with van der Waals surface area (Å²) in [6, 6.07) is 16.0. The number of aliphatic hydroxyl groups is 1. The lowest BCUT2D eigenvalue weighted by Crippen LogP contribution is -2.56. The predicted molar refractivity (Wildman–Crippen MR) is 122 cm³/mol. The lowest BCUT2D eigenvalue weighted by Gasteiger charge is -2.50. The van der Waals surface area contributed by atoms with Crippen LogP contribution in [0.5, 0.6) is 5.75 Å². The van der Waals surface area contributed by atoms with Gasteiger partial charge in [-0.05, 0) is 78.5 Å². The van der Waals surface area contributed by atoms with Crippen LogP contribution in [0, 0.1) is 5.92 Å². The molecular formula is C26H34N2O3.